The van der Waals surface area contributed by atoms with Crippen molar-refractivity contribution in [3.63, 3.8) is 0 Å². The van der Waals surface area contributed by atoms with Crippen molar-refractivity contribution in [3.05, 3.63) is 69.3 Å². The van der Waals surface area contributed by atoms with Gasteiger partial charge >= 0.3 is 0 Å². The SMILES string of the molecule is Cc1cc(C#N)ccc1COc1ccc([N+](=O)[O-])cc1. The highest BCUT2D eigenvalue weighted by atomic mass is 16.6. The van der Waals surface area contributed by atoms with Crippen molar-refractivity contribution >= 4 is 5.69 Å². The van der Waals surface area contributed by atoms with Crippen molar-refractivity contribution < 1.29 is 9.66 Å². The molecule has 0 aliphatic carbocycles. The largest absolute Gasteiger partial charge is 0.489 e. The Bertz CT molecular complexity index is 673. The lowest BCUT2D eigenvalue weighted by Gasteiger charge is -2.08. The molecule has 2 aromatic carbocycles. The van der Waals surface area contributed by atoms with E-state index in [0.717, 1.165) is 11.1 Å². The van der Waals surface area contributed by atoms with E-state index in [9.17, 15) is 10.1 Å². The minimum atomic E-state index is -0.450. The lowest BCUT2D eigenvalue weighted by Crippen LogP contribution is -1.98. The van der Waals surface area contributed by atoms with Gasteiger partial charge in [-0.3, -0.25) is 10.1 Å². The van der Waals surface area contributed by atoms with Crippen LogP contribution in [-0.2, 0) is 6.61 Å². The van der Waals surface area contributed by atoms with Gasteiger partial charge in [-0.25, -0.2) is 0 Å². The van der Waals surface area contributed by atoms with Crippen LogP contribution >= 0.6 is 0 Å². The highest BCUT2D eigenvalue weighted by Crippen LogP contribution is 2.19. The van der Waals surface area contributed by atoms with E-state index in [1.807, 2.05) is 13.0 Å². The van der Waals surface area contributed by atoms with Crippen molar-refractivity contribution in [1.82, 2.24) is 0 Å². The fourth-order valence-electron chi connectivity index (χ4n) is 1.75. The zero-order valence-corrected chi connectivity index (χ0v) is 10.9. The van der Waals surface area contributed by atoms with E-state index >= 15 is 0 Å². The molecule has 0 aliphatic rings. The van der Waals surface area contributed by atoms with Crippen LogP contribution in [0.2, 0.25) is 0 Å². The number of hydrogen-bond donors (Lipinski definition) is 0. The van der Waals surface area contributed by atoms with Crippen LogP contribution in [0.4, 0.5) is 5.69 Å². The van der Waals surface area contributed by atoms with Crippen LogP contribution in [0.5, 0.6) is 5.75 Å². The molecule has 0 saturated carbocycles. The van der Waals surface area contributed by atoms with E-state index in [2.05, 4.69) is 6.07 Å². The molecule has 20 heavy (non-hydrogen) atoms. The molecule has 0 bridgehead atoms. The molecule has 0 N–H and O–H groups in total. The second kappa shape index (κ2) is 5.85. The van der Waals surface area contributed by atoms with Crippen LogP contribution in [0, 0.1) is 28.4 Å². The summed E-state index contributed by atoms with van der Waals surface area (Å²) < 4.78 is 5.58. The van der Waals surface area contributed by atoms with Crippen LogP contribution in [0.1, 0.15) is 16.7 Å². The quantitative estimate of drug-likeness (QED) is 0.629. The summed E-state index contributed by atoms with van der Waals surface area (Å²) in [7, 11) is 0. The number of rotatable bonds is 4. The smallest absolute Gasteiger partial charge is 0.269 e. The molecule has 0 spiro atoms. The lowest BCUT2D eigenvalue weighted by molar-refractivity contribution is -0.384. The summed E-state index contributed by atoms with van der Waals surface area (Å²) in [5.41, 5.74) is 2.60. The summed E-state index contributed by atoms with van der Waals surface area (Å²) in [4.78, 5) is 10.1. The van der Waals surface area contributed by atoms with Gasteiger partial charge in [-0.1, -0.05) is 6.07 Å². The molecule has 5 nitrogen and oxygen atoms in total. The predicted octanol–water partition coefficient (Wildman–Crippen LogP) is 3.35. The van der Waals surface area contributed by atoms with Gasteiger partial charge < -0.3 is 4.74 Å². The van der Waals surface area contributed by atoms with Gasteiger partial charge in [-0.2, -0.15) is 5.26 Å². The van der Waals surface area contributed by atoms with Crippen LogP contribution in [-0.4, -0.2) is 4.92 Å². The summed E-state index contributed by atoms with van der Waals surface area (Å²) in [6, 6.07) is 13.4. The molecule has 0 saturated heterocycles. The fraction of sp³-hybridized carbons (Fsp3) is 0.133. The van der Waals surface area contributed by atoms with E-state index < -0.39 is 4.92 Å². The molecule has 0 radical (unpaired) electrons. The maximum atomic E-state index is 10.5. The van der Waals surface area contributed by atoms with Crippen molar-refractivity contribution in [2.24, 2.45) is 0 Å². The van der Waals surface area contributed by atoms with Gasteiger partial charge in [0.1, 0.15) is 12.4 Å². The summed E-state index contributed by atoms with van der Waals surface area (Å²) in [5.74, 6) is 0.569. The Hall–Kier alpha value is -2.87. The van der Waals surface area contributed by atoms with Crippen LogP contribution < -0.4 is 4.74 Å². The third kappa shape index (κ3) is 3.12. The standard InChI is InChI=1S/C15H12N2O3/c1-11-8-12(9-16)2-3-13(11)10-20-15-6-4-14(5-7-15)17(18)19/h2-8H,10H2,1H3. The summed E-state index contributed by atoms with van der Waals surface area (Å²) in [6.07, 6.45) is 0. The Balaban J connectivity index is 2.05. The predicted molar refractivity (Wildman–Crippen MR) is 73.3 cm³/mol. The van der Waals surface area contributed by atoms with Crippen molar-refractivity contribution in [2.75, 3.05) is 0 Å². The summed E-state index contributed by atoms with van der Waals surface area (Å²) in [6.45, 7) is 2.27. The van der Waals surface area contributed by atoms with Crippen LogP contribution in [0.15, 0.2) is 42.5 Å². The Morgan fingerprint density at radius 3 is 2.50 bits per heavy atom. The topological polar surface area (TPSA) is 76.2 Å². The number of nitro groups is 1. The molecule has 100 valence electrons. The number of ether oxygens (including phenoxy) is 1. The normalized spacial score (nSPS) is 9.80. The molecule has 0 heterocycles. The molecular formula is C15H12N2O3. The molecule has 0 fully saturated rings. The molecular weight excluding hydrogens is 256 g/mol. The zero-order valence-electron chi connectivity index (χ0n) is 10.9. The first-order valence-corrected chi connectivity index (χ1v) is 5.97. The minimum absolute atomic E-state index is 0.0342. The van der Waals surface area contributed by atoms with Crippen molar-refractivity contribution in [3.8, 4) is 11.8 Å². The van der Waals surface area contributed by atoms with E-state index in [1.165, 1.54) is 12.1 Å². The summed E-state index contributed by atoms with van der Waals surface area (Å²) >= 11 is 0. The Morgan fingerprint density at radius 2 is 1.95 bits per heavy atom. The van der Waals surface area contributed by atoms with Crippen molar-refractivity contribution in [1.29, 1.82) is 5.26 Å². The first-order valence-electron chi connectivity index (χ1n) is 5.97. The molecule has 0 aromatic heterocycles. The number of nitro benzene ring substituents is 1. The first kappa shape index (κ1) is 13.6. The highest BCUT2D eigenvalue weighted by Gasteiger charge is 2.05. The monoisotopic (exact) mass is 268 g/mol. The third-order valence-corrected chi connectivity index (χ3v) is 2.91. The van der Waals surface area contributed by atoms with Gasteiger partial charge in [0.2, 0.25) is 0 Å². The number of aryl methyl sites for hydroxylation is 1. The Kier molecular flexibility index (Phi) is 3.96. The van der Waals surface area contributed by atoms with Crippen LogP contribution in [0.3, 0.4) is 0 Å². The number of hydrogen-bond acceptors (Lipinski definition) is 4. The van der Waals surface area contributed by atoms with Gasteiger partial charge in [0.15, 0.2) is 0 Å². The zero-order chi connectivity index (χ0) is 14.5. The number of benzene rings is 2. The number of non-ortho nitro benzene ring substituents is 1. The van der Waals surface area contributed by atoms with E-state index in [1.54, 1.807) is 24.3 Å². The minimum Gasteiger partial charge on any atom is -0.489 e. The highest BCUT2D eigenvalue weighted by molar-refractivity contribution is 5.38. The molecule has 2 rings (SSSR count). The average molecular weight is 268 g/mol. The van der Waals surface area contributed by atoms with Gasteiger partial charge in [0.05, 0.1) is 16.6 Å². The molecule has 0 unspecified atom stereocenters. The van der Waals surface area contributed by atoms with E-state index in [-0.39, 0.29) is 5.69 Å². The lowest BCUT2D eigenvalue weighted by atomic mass is 10.1. The maximum absolute atomic E-state index is 10.5. The fourth-order valence-corrected chi connectivity index (χ4v) is 1.75. The van der Waals surface area contributed by atoms with Gasteiger partial charge in [-0.15, -0.1) is 0 Å². The second-order valence-electron chi connectivity index (χ2n) is 4.29. The van der Waals surface area contributed by atoms with E-state index in [4.69, 9.17) is 10.00 Å². The molecule has 5 heteroatoms. The maximum Gasteiger partial charge on any atom is 0.269 e. The molecule has 0 atom stereocenters. The number of nitrogens with zero attached hydrogens (tertiary/aromatic N) is 2. The average Bonchev–Trinajstić information content (AvgIpc) is 2.46. The molecule has 0 amide bonds. The van der Waals surface area contributed by atoms with Crippen LogP contribution in [0.25, 0.3) is 0 Å². The van der Waals surface area contributed by atoms with Gasteiger partial charge in [0, 0.05) is 12.1 Å². The third-order valence-electron chi connectivity index (χ3n) is 2.91. The number of nitriles is 1. The van der Waals surface area contributed by atoms with Crippen molar-refractivity contribution in [2.45, 2.75) is 13.5 Å². The second-order valence-corrected chi connectivity index (χ2v) is 4.29. The van der Waals surface area contributed by atoms with Gasteiger partial charge in [-0.05, 0) is 42.3 Å². The first-order chi connectivity index (χ1) is 9.60. The molecule has 0 aliphatic heterocycles. The Labute approximate surface area is 116 Å². The summed E-state index contributed by atoms with van der Waals surface area (Å²) in [5, 5.41) is 19.3. The molecule has 2 aromatic rings. The van der Waals surface area contributed by atoms with Gasteiger partial charge in [0.25, 0.3) is 5.69 Å². The van der Waals surface area contributed by atoms with E-state index in [0.29, 0.717) is 17.9 Å². The Morgan fingerprint density at radius 1 is 1.25 bits per heavy atom.